The molecule has 0 saturated carbocycles. The zero-order chi connectivity index (χ0) is 25.4. The first-order valence-electron chi connectivity index (χ1n) is 12.6. The van der Waals surface area contributed by atoms with Crippen molar-refractivity contribution in [2.45, 2.75) is 13.0 Å². The minimum absolute atomic E-state index is 0.167. The van der Waals surface area contributed by atoms with Crippen LogP contribution in [0.25, 0.3) is 22.1 Å². The van der Waals surface area contributed by atoms with Gasteiger partial charge in [0, 0.05) is 50.9 Å². The number of nitrogens with two attached hydrogens (primary N) is 1. The van der Waals surface area contributed by atoms with Gasteiger partial charge in [0.15, 0.2) is 5.65 Å². The van der Waals surface area contributed by atoms with Crippen LogP contribution in [-0.4, -0.2) is 91.9 Å². The van der Waals surface area contributed by atoms with Crippen molar-refractivity contribution >= 4 is 39.8 Å². The summed E-state index contributed by atoms with van der Waals surface area (Å²) in [6.45, 7) is 5.67. The lowest BCUT2D eigenvalue weighted by Gasteiger charge is -2.35. The molecule has 4 aromatic rings. The molecule has 190 valence electrons. The van der Waals surface area contributed by atoms with Crippen molar-refractivity contribution in [1.29, 1.82) is 0 Å². The van der Waals surface area contributed by atoms with E-state index in [1.165, 1.54) is 0 Å². The number of aromatic nitrogens is 5. The maximum Gasteiger partial charge on any atom is 0.267 e. The molecule has 1 atom stereocenters. The highest BCUT2D eigenvalue weighted by Crippen LogP contribution is 2.21. The van der Waals surface area contributed by atoms with Crippen LogP contribution in [0.4, 0.5) is 5.95 Å². The second-order valence-electron chi connectivity index (χ2n) is 9.79. The van der Waals surface area contributed by atoms with Crippen molar-refractivity contribution in [2.24, 2.45) is 11.7 Å². The average molecular weight is 500 g/mol. The molecule has 2 N–H and O–H groups in total. The van der Waals surface area contributed by atoms with E-state index in [9.17, 15) is 9.59 Å². The quantitative estimate of drug-likeness (QED) is 0.419. The van der Waals surface area contributed by atoms with Crippen molar-refractivity contribution in [2.75, 3.05) is 50.7 Å². The third-order valence-corrected chi connectivity index (χ3v) is 7.29. The topological polar surface area (TPSA) is 126 Å². The third kappa shape index (κ3) is 4.82. The molecule has 0 radical (unpaired) electrons. The van der Waals surface area contributed by atoms with Crippen LogP contribution in [0, 0.1) is 5.92 Å². The molecule has 2 fully saturated rings. The molecular formula is C26H29N9O2. The summed E-state index contributed by atoms with van der Waals surface area (Å²) in [5.41, 5.74) is 7.96. The fraction of sp³-hybridized carbons (Fsp3) is 0.385. The Morgan fingerprint density at radius 2 is 1.78 bits per heavy atom. The molecule has 37 heavy (non-hydrogen) atoms. The number of primary amides is 1. The average Bonchev–Trinajstić information content (AvgIpc) is 3.54. The van der Waals surface area contributed by atoms with E-state index in [1.54, 1.807) is 18.5 Å². The number of benzene rings is 1. The summed E-state index contributed by atoms with van der Waals surface area (Å²) in [5.74, 6) is 0.718. The van der Waals surface area contributed by atoms with Gasteiger partial charge in [-0.2, -0.15) is 0 Å². The lowest BCUT2D eigenvalue weighted by atomic mass is 10.1. The summed E-state index contributed by atoms with van der Waals surface area (Å²) in [5, 5.41) is 1.02. The number of carbonyl (C=O) groups is 2. The van der Waals surface area contributed by atoms with Gasteiger partial charge in [0.1, 0.15) is 11.2 Å². The first-order chi connectivity index (χ1) is 18.0. The highest BCUT2D eigenvalue weighted by molar-refractivity contribution is 5.92. The van der Waals surface area contributed by atoms with E-state index in [1.807, 2.05) is 39.9 Å². The molecule has 1 aromatic carbocycles. The van der Waals surface area contributed by atoms with Gasteiger partial charge in [-0.1, -0.05) is 18.2 Å². The van der Waals surface area contributed by atoms with Gasteiger partial charge >= 0.3 is 0 Å². The molecule has 0 bridgehead atoms. The number of hydrogen-bond acceptors (Lipinski definition) is 8. The number of amides is 2. The van der Waals surface area contributed by atoms with Crippen LogP contribution in [0.5, 0.6) is 0 Å². The Kier molecular flexibility index (Phi) is 6.13. The second-order valence-corrected chi connectivity index (χ2v) is 9.79. The van der Waals surface area contributed by atoms with Crippen LogP contribution in [0.1, 0.15) is 16.9 Å². The van der Waals surface area contributed by atoms with Crippen molar-refractivity contribution in [3.05, 3.63) is 54.6 Å². The second kappa shape index (κ2) is 9.74. The molecule has 2 aliphatic heterocycles. The lowest BCUT2D eigenvalue weighted by molar-refractivity contribution is -0.132. The van der Waals surface area contributed by atoms with Gasteiger partial charge in [0.25, 0.3) is 5.91 Å². The van der Waals surface area contributed by atoms with Gasteiger partial charge in [0.05, 0.1) is 18.4 Å². The van der Waals surface area contributed by atoms with Gasteiger partial charge in [-0.25, -0.2) is 19.9 Å². The number of imidazole rings is 1. The van der Waals surface area contributed by atoms with E-state index in [2.05, 4.69) is 24.8 Å². The number of fused-ring (bicyclic) bond motifs is 2. The van der Waals surface area contributed by atoms with E-state index in [0.29, 0.717) is 31.2 Å². The van der Waals surface area contributed by atoms with Gasteiger partial charge in [-0.3, -0.25) is 14.5 Å². The molecular weight excluding hydrogens is 470 g/mol. The highest BCUT2D eigenvalue weighted by Gasteiger charge is 2.28. The minimum atomic E-state index is -0.550. The Labute approximate surface area is 213 Å². The standard InChI is InChI=1S/C26H29N9O2/c27-24(37)21-5-6-22-25(30-21)35(17-29-22)15-18-7-8-32(14-18)16-23(36)33-9-11-34(12-10-33)26-28-13-19-3-1-2-4-20(19)31-26/h1-6,13,17-18H,7-12,14-16H2,(H2,27,37). The third-order valence-electron chi connectivity index (χ3n) is 7.29. The fourth-order valence-electron chi connectivity index (χ4n) is 5.26. The zero-order valence-electron chi connectivity index (χ0n) is 20.5. The van der Waals surface area contributed by atoms with Crippen LogP contribution in [0.3, 0.4) is 0 Å². The summed E-state index contributed by atoms with van der Waals surface area (Å²) in [6, 6.07) is 11.3. The molecule has 5 heterocycles. The Bertz CT molecular complexity index is 1460. The summed E-state index contributed by atoms with van der Waals surface area (Å²) in [7, 11) is 0. The van der Waals surface area contributed by atoms with E-state index in [-0.39, 0.29) is 11.6 Å². The number of anilines is 1. The number of para-hydroxylation sites is 1. The monoisotopic (exact) mass is 499 g/mol. The molecule has 0 aliphatic carbocycles. The molecule has 0 spiro atoms. The number of rotatable bonds is 6. The Morgan fingerprint density at radius 3 is 2.62 bits per heavy atom. The molecule has 11 heteroatoms. The van der Waals surface area contributed by atoms with Gasteiger partial charge < -0.3 is 20.1 Å². The molecule has 2 saturated heterocycles. The predicted octanol–water partition coefficient (Wildman–Crippen LogP) is 1.14. The molecule has 2 amide bonds. The largest absolute Gasteiger partial charge is 0.364 e. The van der Waals surface area contributed by atoms with Gasteiger partial charge in [-0.15, -0.1) is 0 Å². The van der Waals surface area contributed by atoms with Crippen molar-refractivity contribution in [1.82, 2.24) is 34.3 Å². The molecule has 1 unspecified atom stereocenters. The summed E-state index contributed by atoms with van der Waals surface area (Å²) in [4.78, 5) is 48.9. The Morgan fingerprint density at radius 1 is 0.946 bits per heavy atom. The molecule has 11 nitrogen and oxygen atoms in total. The highest BCUT2D eigenvalue weighted by atomic mass is 16.2. The Balaban J connectivity index is 1.01. The number of likely N-dealkylation sites (tertiary alicyclic amines) is 1. The molecule has 6 rings (SSSR count). The lowest BCUT2D eigenvalue weighted by Crippen LogP contribution is -2.51. The molecule has 3 aromatic heterocycles. The van der Waals surface area contributed by atoms with Crippen molar-refractivity contribution < 1.29 is 9.59 Å². The molecule has 2 aliphatic rings. The van der Waals surface area contributed by atoms with E-state index < -0.39 is 5.91 Å². The zero-order valence-corrected chi connectivity index (χ0v) is 20.5. The number of nitrogens with zero attached hydrogens (tertiary/aromatic N) is 8. The number of piperazine rings is 1. The van der Waals surface area contributed by atoms with Gasteiger partial charge in [0.2, 0.25) is 11.9 Å². The van der Waals surface area contributed by atoms with E-state index in [4.69, 9.17) is 10.7 Å². The van der Waals surface area contributed by atoms with Crippen molar-refractivity contribution in [3.8, 4) is 0 Å². The van der Waals surface area contributed by atoms with Crippen LogP contribution < -0.4 is 10.6 Å². The smallest absolute Gasteiger partial charge is 0.267 e. The van der Waals surface area contributed by atoms with E-state index in [0.717, 1.165) is 61.5 Å². The van der Waals surface area contributed by atoms with Crippen LogP contribution in [-0.2, 0) is 11.3 Å². The number of hydrogen-bond donors (Lipinski definition) is 1. The summed E-state index contributed by atoms with van der Waals surface area (Å²) in [6.07, 6.45) is 4.61. The van der Waals surface area contributed by atoms with Crippen LogP contribution >= 0.6 is 0 Å². The predicted molar refractivity (Wildman–Crippen MR) is 139 cm³/mol. The SMILES string of the molecule is NC(=O)c1ccc2ncn(CC3CCN(CC(=O)N4CCN(c5ncc6ccccc6n5)CC4)C3)c2n1. The van der Waals surface area contributed by atoms with Gasteiger partial charge in [-0.05, 0) is 37.1 Å². The number of carbonyl (C=O) groups excluding carboxylic acids is 2. The first-order valence-corrected chi connectivity index (χ1v) is 12.6. The first kappa shape index (κ1) is 23.3. The normalized spacial score (nSPS) is 18.6. The summed E-state index contributed by atoms with van der Waals surface area (Å²) < 4.78 is 1.98. The number of pyridine rings is 1. The fourth-order valence-corrected chi connectivity index (χ4v) is 5.26. The summed E-state index contributed by atoms with van der Waals surface area (Å²) >= 11 is 0. The minimum Gasteiger partial charge on any atom is -0.364 e. The maximum absolute atomic E-state index is 13.0. The van der Waals surface area contributed by atoms with Crippen LogP contribution in [0.2, 0.25) is 0 Å². The van der Waals surface area contributed by atoms with Crippen molar-refractivity contribution in [3.63, 3.8) is 0 Å². The van der Waals surface area contributed by atoms with E-state index >= 15 is 0 Å². The Hall–Kier alpha value is -4.12. The maximum atomic E-state index is 13.0. The van der Waals surface area contributed by atoms with Crippen LogP contribution in [0.15, 0.2) is 48.9 Å².